The van der Waals surface area contributed by atoms with Gasteiger partial charge in [0.15, 0.2) is 0 Å². The van der Waals surface area contributed by atoms with E-state index in [1.165, 1.54) is 18.7 Å². The molecule has 1 aliphatic rings. The topological polar surface area (TPSA) is 151 Å². The van der Waals surface area contributed by atoms with Gasteiger partial charge in [-0.2, -0.15) is 8.78 Å². The smallest absolute Gasteiger partial charge is 0.383 e. The van der Waals surface area contributed by atoms with Gasteiger partial charge in [0, 0.05) is 13.1 Å². The first-order valence-electron chi connectivity index (χ1n) is 14.0. The van der Waals surface area contributed by atoms with Gasteiger partial charge in [0.2, 0.25) is 23.5 Å². The predicted molar refractivity (Wildman–Crippen MR) is 148 cm³/mol. The lowest BCUT2D eigenvalue weighted by molar-refractivity contribution is -0.161. The van der Waals surface area contributed by atoms with Gasteiger partial charge >= 0.3 is 11.9 Å². The molecule has 1 aromatic rings. The summed E-state index contributed by atoms with van der Waals surface area (Å²) in [6.07, 6.45) is 0.0372. The predicted octanol–water partition coefficient (Wildman–Crippen LogP) is 1.73. The number of likely N-dealkylation sites (tertiary alicyclic amines) is 1. The minimum atomic E-state index is -4.42. The molecule has 1 aromatic carbocycles. The largest absolute Gasteiger partial charge is 0.466 e. The van der Waals surface area contributed by atoms with Gasteiger partial charge in [-0.05, 0) is 37.2 Å². The molecule has 1 saturated heterocycles. The Bertz CT molecular complexity index is 1140. The zero-order chi connectivity index (χ0) is 31.6. The molecule has 0 aromatic heterocycles. The second-order valence-electron chi connectivity index (χ2n) is 10.8. The first kappa shape index (κ1) is 34.3. The number of hydrogen-bond donors (Lipinski definition) is 3. The third-order valence-corrected chi connectivity index (χ3v) is 6.84. The van der Waals surface area contributed by atoms with Crippen molar-refractivity contribution in [2.75, 3.05) is 13.2 Å². The van der Waals surface area contributed by atoms with Crippen LogP contribution in [0.3, 0.4) is 0 Å². The molecule has 13 heteroatoms. The lowest BCUT2D eigenvalue weighted by atomic mass is 9.94. The molecule has 2 rings (SSSR count). The first-order valence-corrected chi connectivity index (χ1v) is 14.0. The molecule has 232 valence electrons. The van der Waals surface area contributed by atoms with E-state index >= 15 is 0 Å². The molecule has 2 unspecified atom stereocenters. The Kier molecular flexibility index (Phi) is 12.5. The number of amides is 4. The second-order valence-corrected chi connectivity index (χ2v) is 10.8. The number of Topliss-reactive ketones (excluding diaryl/α,β-unsaturated/α-hetero) is 1. The minimum Gasteiger partial charge on any atom is -0.466 e. The second kappa shape index (κ2) is 15.4. The molecule has 0 bridgehead atoms. The van der Waals surface area contributed by atoms with Gasteiger partial charge in [0.1, 0.15) is 18.5 Å². The Balaban J connectivity index is 2.12. The molecule has 4 amide bonds. The summed E-state index contributed by atoms with van der Waals surface area (Å²) in [4.78, 5) is 77.1. The summed E-state index contributed by atoms with van der Waals surface area (Å²) >= 11 is 0. The number of nitrogens with zero attached hydrogens (tertiary/aromatic N) is 1. The van der Waals surface area contributed by atoms with Crippen LogP contribution in [0.5, 0.6) is 0 Å². The van der Waals surface area contributed by atoms with E-state index in [9.17, 15) is 37.5 Å². The maximum atomic E-state index is 15.0. The number of carbonyl (C=O) groups excluding carboxylic acids is 6. The lowest BCUT2D eigenvalue weighted by Crippen LogP contribution is -2.60. The van der Waals surface area contributed by atoms with E-state index < -0.39 is 77.7 Å². The zero-order valence-electron chi connectivity index (χ0n) is 24.6. The van der Waals surface area contributed by atoms with Gasteiger partial charge in [-0.25, -0.2) is 0 Å². The van der Waals surface area contributed by atoms with Gasteiger partial charge in [0.25, 0.3) is 5.91 Å². The normalized spacial score (nSPS) is 16.5. The zero-order valence-corrected chi connectivity index (χ0v) is 24.6. The van der Waals surface area contributed by atoms with Crippen molar-refractivity contribution in [3.05, 3.63) is 35.9 Å². The maximum Gasteiger partial charge on any atom is 0.383 e. The highest BCUT2D eigenvalue weighted by atomic mass is 19.3. The van der Waals surface area contributed by atoms with Crippen LogP contribution in [0.4, 0.5) is 8.78 Å². The number of alkyl halides is 2. The molecule has 0 spiro atoms. The number of hydrogen-bond acceptors (Lipinski definition) is 7. The summed E-state index contributed by atoms with van der Waals surface area (Å²) in [6, 6.07) is 4.46. The molecule has 3 atom stereocenters. The first-order chi connectivity index (χ1) is 19.7. The molecular formula is C29H40F2N4O7. The third-order valence-electron chi connectivity index (χ3n) is 6.84. The van der Waals surface area contributed by atoms with Crippen molar-refractivity contribution in [3.8, 4) is 0 Å². The highest BCUT2D eigenvalue weighted by molar-refractivity contribution is 6.10. The van der Waals surface area contributed by atoms with E-state index in [1.54, 1.807) is 51.1 Å². The standard InChI is InChI=1S/C29H40F2N4O7/c1-6-42-22(37)15-21(36)33-24(18(4)5)27(40)35-14-10-13-20(35)26(39)34-23(17(2)3)25(38)29(30,31)28(41)32-16-19-11-8-7-9-12-19/h7-9,11-12,17-18,20,23-24H,6,10,13-16H2,1-5H3,(H,32,41)(H,33,36)(H,34,39)/t20?,23?,24-/m0/s1. The van der Waals surface area contributed by atoms with Crippen LogP contribution >= 0.6 is 0 Å². The summed E-state index contributed by atoms with van der Waals surface area (Å²) in [7, 11) is 0. The summed E-state index contributed by atoms with van der Waals surface area (Å²) < 4.78 is 34.7. The van der Waals surface area contributed by atoms with E-state index in [-0.39, 0.29) is 26.1 Å². The SMILES string of the molecule is CCOC(=O)CC(=O)N[C@H](C(=O)N1CCCC1C(=O)NC(C(=O)C(F)(F)C(=O)NCc1ccccc1)C(C)C)C(C)C. The number of halogens is 2. The van der Waals surface area contributed by atoms with Crippen molar-refractivity contribution in [2.24, 2.45) is 11.8 Å². The molecule has 3 N–H and O–H groups in total. The lowest BCUT2D eigenvalue weighted by Gasteiger charge is -2.32. The van der Waals surface area contributed by atoms with E-state index in [4.69, 9.17) is 4.74 Å². The number of ether oxygens (including phenoxy) is 1. The Morgan fingerprint density at radius 1 is 0.976 bits per heavy atom. The summed E-state index contributed by atoms with van der Waals surface area (Å²) in [5.41, 5.74) is 0.561. The van der Waals surface area contributed by atoms with Crippen LogP contribution < -0.4 is 16.0 Å². The summed E-state index contributed by atoms with van der Waals surface area (Å²) in [5.74, 6) is -12.1. The Morgan fingerprint density at radius 2 is 1.60 bits per heavy atom. The van der Waals surface area contributed by atoms with Crippen LogP contribution in [-0.2, 0) is 40.0 Å². The van der Waals surface area contributed by atoms with Crippen LogP contribution in [0.2, 0.25) is 0 Å². The van der Waals surface area contributed by atoms with E-state index in [0.29, 0.717) is 12.0 Å². The number of ketones is 1. The van der Waals surface area contributed by atoms with Gasteiger partial charge in [-0.3, -0.25) is 28.8 Å². The molecule has 42 heavy (non-hydrogen) atoms. The number of carbonyl (C=O) groups is 6. The Hall–Kier alpha value is -3.90. The van der Waals surface area contributed by atoms with Gasteiger partial charge in [-0.1, -0.05) is 58.0 Å². The van der Waals surface area contributed by atoms with Crippen LogP contribution in [0.25, 0.3) is 0 Å². The number of esters is 1. The van der Waals surface area contributed by atoms with Crippen LogP contribution in [0.15, 0.2) is 30.3 Å². The van der Waals surface area contributed by atoms with Crippen molar-refractivity contribution in [1.82, 2.24) is 20.9 Å². The van der Waals surface area contributed by atoms with Gasteiger partial charge < -0.3 is 25.6 Å². The average Bonchev–Trinajstić information content (AvgIpc) is 3.43. The summed E-state index contributed by atoms with van der Waals surface area (Å²) in [6.45, 7) is 7.88. The molecule has 0 radical (unpaired) electrons. The minimum absolute atomic E-state index is 0.0907. The molecule has 1 fully saturated rings. The fourth-order valence-electron chi connectivity index (χ4n) is 4.54. The molecule has 0 saturated carbocycles. The van der Waals surface area contributed by atoms with Crippen LogP contribution in [0, 0.1) is 11.8 Å². The van der Waals surface area contributed by atoms with E-state index in [0.717, 1.165) is 0 Å². The van der Waals surface area contributed by atoms with Crippen LogP contribution in [0.1, 0.15) is 59.4 Å². The van der Waals surface area contributed by atoms with E-state index in [2.05, 4.69) is 16.0 Å². The average molecular weight is 595 g/mol. The fourth-order valence-corrected chi connectivity index (χ4v) is 4.54. The Labute approximate surface area is 244 Å². The molecule has 0 aliphatic carbocycles. The summed E-state index contributed by atoms with van der Waals surface area (Å²) in [5, 5.41) is 6.91. The van der Waals surface area contributed by atoms with Crippen molar-refractivity contribution in [3.63, 3.8) is 0 Å². The van der Waals surface area contributed by atoms with Gasteiger partial charge in [-0.15, -0.1) is 0 Å². The van der Waals surface area contributed by atoms with Crippen molar-refractivity contribution >= 4 is 35.4 Å². The van der Waals surface area contributed by atoms with Crippen molar-refractivity contribution in [1.29, 1.82) is 0 Å². The number of rotatable bonds is 14. The maximum absolute atomic E-state index is 15.0. The number of benzene rings is 1. The van der Waals surface area contributed by atoms with Crippen LogP contribution in [-0.4, -0.2) is 77.5 Å². The monoisotopic (exact) mass is 594 g/mol. The quantitative estimate of drug-likeness (QED) is 0.219. The molecule has 11 nitrogen and oxygen atoms in total. The molecule has 1 aliphatic heterocycles. The molecule has 1 heterocycles. The highest BCUT2D eigenvalue weighted by Crippen LogP contribution is 2.24. The number of nitrogens with one attached hydrogen (secondary N) is 3. The third kappa shape index (κ3) is 9.05. The van der Waals surface area contributed by atoms with E-state index in [1.807, 2.05) is 0 Å². The Morgan fingerprint density at radius 3 is 2.17 bits per heavy atom. The van der Waals surface area contributed by atoms with Crippen molar-refractivity contribution in [2.45, 2.75) is 84.5 Å². The van der Waals surface area contributed by atoms with Gasteiger partial charge in [0.05, 0.1) is 12.6 Å². The van der Waals surface area contributed by atoms with Crippen molar-refractivity contribution < 1.29 is 42.3 Å². The fraction of sp³-hybridized carbons (Fsp3) is 0.586. The highest BCUT2D eigenvalue weighted by Gasteiger charge is 2.51. The molecular weight excluding hydrogens is 554 g/mol.